The van der Waals surface area contributed by atoms with Crippen molar-refractivity contribution in [2.75, 3.05) is 32.8 Å². The van der Waals surface area contributed by atoms with Gasteiger partial charge in [-0.3, -0.25) is 9.69 Å². The number of aliphatic hydroxyl groups excluding tert-OH is 1. The van der Waals surface area contributed by atoms with E-state index in [1.807, 2.05) is 11.8 Å². The molecule has 0 aliphatic heterocycles. The van der Waals surface area contributed by atoms with Crippen LogP contribution in [0.15, 0.2) is 12.7 Å². The van der Waals surface area contributed by atoms with Gasteiger partial charge in [0.2, 0.25) is 5.91 Å². The average molecular weight is 200 g/mol. The zero-order chi connectivity index (χ0) is 10.8. The normalized spacial score (nSPS) is 10.2. The molecule has 0 aromatic rings. The first kappa shape index (κ1) is 13.1. The number of carbonyl (C=O) groups is 1. The first-order valence-electron chi connectivity index (χ1n) is 4.95. The Labute approximate surface area is 85.6 Å². The van der Waals surface area contributed by atoms with E-state index in [2.05, 4.69) is 11.9 Å². The third kappa shape index (κ3) is 6.62. The van der Waals surface area contributed by atoms with Crippen LogP contribution in [-0.4, -0.2) is 48.7 Å². The molecule has 4 heteroatoms. The van der Waals surface area contributed by atoms with Gasteiger partial charge < -0.3 is 10.4 Å². The standard InChI is InChI=1S/C10H20N2O2/c1-3-6-12(8-9-13)7-5-10(14)11-4-2/h3,13H,1,4-9H2,2H3,(H,11,14). The predicted molar refractivity (Wildman–Crippen MR) is 57.0 cm³/mol. The molecule has 0 unspecified atom stereocenters. The molecular formula is C10H20N2O2. The van der Waals surface area contributed by atoms with Gasteiger partial charge in [0.25, 0.3) is 0 Å². The minimum Gasteiger partial charge on any atom is -0.395 e. The Balaban J connectivity index is 3.68. The molecule has 1 amide bonds. The Kier molecular flexibility index (Phi) is 8.17. The number of hydrogen-bond acceptors (Lipinski definition) is 3. The van der Waals surface area contributed by atoms with Crippen molar-refractivity contribution in [3.63, 3.8) is 0 Å². The Bertz CT molecular complexity index is 172. The lowest BCUT2D eigenvalue weighted by molar-refractivity contribution is -0.121. The van der Waals surface area contributed by atoms with Crippen LogP contribution in [0.1, 0.15) is 13.3 Å². The maximum atomic E-state index is 11.1. The molecule has 0 saturated heterocycles. The van der Waals surface area contributed by atoms with Gasteiger partial charge in [0.05, 0.1) is 6.61 Å². The largest absolute Gasteiger partial charge is 0.395 e. The Morgan fingerprint density at radius 2 is 2.29 bits per heavy atom. The maximum absolute atomic E-state index is 11.1. The van der Waals surface area contributed by atoms with Crippen LogP contribution in [0.25, 0.3) is 0 Å². The van der Waals surface area contributed by atoms with Crippen molar-refractivity contribution in [1.29, 1.82) is 0 Å². The average Bonchev–Trinajstić information content (AvgIpc) is 2.15. The fourth-order valence-electron chi connectivity index (χ4n) is 1.16. The van der Waals surface area contributed by atoms with Crippen molar-refractivity contribution in [2.45, 2.75) is 13.3 Å². The van der Waals surface area contributed by atoms with Gasteiger partial charge >= 0.3 is 0 Å². The summed E-state index contributed by atoms with van der Waals surface area (Å²) in [6.45, 7) is 8.26. The maximum Gasteiger partial charge on any atom is 0.221 e. The molecule has 4 nitrogen and oxygen atoms in total. The Hall–Kier alpha value is -0.870. The summed E-state index contributed by atoms with van der Waals surface area (Å²) in [5, 5.41) is 11.5. The van der Waals surface area contributed by atoms with Crippen LogP contribution in [0.2, 0.25) is 0 Å². The molecule has 0 aromatic carbocycles. The van der Waals surface area contributed by atoms with E-state index in [4.69, 9.17) is 5.11 Å². The molecule has 0 bridgehead atoms. The van der Waals surface area contributed by atoms with Gasteiger partial charge in [0.1, 0.15) is 0 Å². The van der Waals surface area contributed by atoms with Gasteiger partial charge in [-0.05, 0) is 6.92 Å². The van der Waals surface area contributed by atoms with E-state index in [0.29, 0.717) is 32.6 Å². The molecule has 0 aliphatic carbocycles. The summed E-state index contributed by atoms with van der Waals surface area (Å²) in [7, 11) is 0. The number of nitrogens with zero attached hydrogens (tertiary/aromatic N) is 1. The molecule has 0 radical (unpaired) electrons. The van der Waals surface area contributed by atoms with Crippen molar-refractivity contribution in [1.82, 2.24) is 10.2 Å². The lowest BCUT2D eigenvalue weighted by Gasteiger charge is -2.18. The Morgan fingerprint density at radius 1 is 1.57 bits per heavy atom. The third-order valence-corrected chi connectivity index (χ3v) is 1.83. The van der Waals surface area contributed by atoms with Crippen molar-refractivity contribution in [3.05, 3.63) is 12.7 Å². The summed E-state index contributed by atoms with van der Waals surface area (Å²) in [4.78, 5) is 13.1. The van der Waals surface area contributed by atoms with Gasteiger partial charge in [-0.1, -0.05) is 6.08 Å². The zero-order valence-corrected chi connectivity index (χ0v) is 8.83. The second-order valence-corrected chi connectivity index (χ2v) is 3.02. The molecule has 14 heavy (non-hydrogen) atoms. The highest BCUT2D eigenvalue weighted by atomic mass is 16.3. The molecular weight excluding hydrogens is 180 g/mol. The van der Waals surface area contributed by atoms with Crippen LogP contribution >= 0.6 is 0 Å². The van der Waals surface area contributed by atoms with Gasteiger partial charge in [-0.15, -0.1) is 6.58 Å². The number of nitrogens with one attached hydrogen (secondary N) is 1. The minimum atomic E-state index is 0.0551. The molecule has 0 fully saturated rings. The van der Waals surface area contributed by atoms with E-state index in [-0.39, 0.29) is 12.5 Å². The lowest BCUT2D eigenvalue weighted by atomic mass is 10.3. The summed E-state index contributed by atoms with van der Waals surface area (Å²) in [6.07, 6.45) is 2.25. The fourth-order valence-corrected chi connectivity index (χ4v) is 1.16. The van der Waals surface area contributed by atoms with Crippen molar-refractivity contribution in [3.8, 4) is 0 Å². The Morgan fingerprint density at radius 3 is 2.79 bits per heavy atom. The monoisotopic (exact) mass is 200 g/mol. The highest BCUT2D eigenvalue weighted by Crippen LogP contribution is 1.91. The predicted octanol–water partition coefficient (Wildman–Crippen LogP) is -0.00710. The summed E-state index contributed by atoms with van der Waals surface area (Å²) >= 11 is 0. The van der Waals surface area contributed by atoms with Crippen molar-refractivity contribution in [2.24, 2.45) is 0 Å². The molecule has 0 saturated carbocycles. The van der Waals surface area contributed by atoms with Crippen LogP contribution in [0.4, 0.5) is 0 Å². The van der Waals surface area contributed by atoms with E-state index in [1.54, 1.807) is 6.08 Å². The minimum absolute atomic E-state index is 0.0551. The number of carbonyl (C=O) groups excluding carboxylic acids is 1. The van der Waals surface area contributed by atoms with E-state index < -0.39 is 0 Å². The highest BCUT2D eigenvalue weighted by molar-refractivity contribution is 5.75. The van der Waals surface area contributed by atoms with Crippen molar-refractivity contribution >= 4 is 5.91 Å². The van der Waals surface area contributed by atoms with Crippen LogP contribution in [0.3, 0.4) is 0 Å². The second-order valence-electron chi connectivity index (χ2n) is 3.02. The second kappa shape index (κ2) is 8.72. The highest BCUT2D eigenvalue weighted by Gasteiger charge is 2.05. The SMILES string of the molecule is C=CCN(CCO)CCC(=O)NCC. The summed E-state index contributed by atoms with van der Waals surface area (Å²) in [6, 6.07) is 0. The van der Waals surface area contributed by atoms with Gasteiger partial charge in [0.15, 0.2) is 0 Å². The molecule has 0 rings (SSSR count). The topological polar surface area (TPSA) is 52.6 Å². The van der Waals surface area contributed by atoms with Crippen LogP contribution in [-0.2, 0) is 4.79 Å². The molecule has 0 aromatic heterocycles. The molecule has 0 atom stereocenters. The van der Waals surface area contributed by atoms with E-state index in [1.165, 1.54) is 0 Å². The summed E-state index contributed by atoms with van der Waals surface area (Å²) < 4.78 is 0. The van der Waals surface area contributed by atoms with Crippen LogP contribution < -0.4 is 5.32 Å². The number of rotatable bonds is 8. The number of amides is 1. The van der Waals surface area contributed by atoms with E-state index in [0.717, 1.165) is 0 Å². The van der Waals surface area contributed by atoms with Crippen LogP contribution in [0.5, 0.6) is 0 Å². The molecule has 2 N–H and O–H groups in total. The summed E-state index contributed by atoms with van der Waals surface area (Å²) in [5.74, 6) is 0.0551. The van der Waals surface area contributed by atoms with E-state index >= 15 is 0 Å². The quantitative estimate of drug-likeness (QED) is 0.542. The molecule has 0 heterocycles. The van der Waals surface area contributed by atoms with Crippen molar-refractivity contribution < 1.29 is 9.90 Å². The summed E-state index contributed by atoms with van der Waals surface area (Å²) in [5.41, 5.74) is 0. The smallest absolute Gasteiger partial charge is 0.221 e. The number of aliphatic hydroxyl groups is 1. The zero-order valence-electron chi connectivity index (χ0n) is 8.83. The van der Waals surface area contributed by atoms with Gasteiger partial charge in [-0.2, -0.15) is 0 Å². The van der Waals surface area contributed by atoms with E-state index in [9.17, 15) is 4.79 Å². The first-order valence-corrected chi connectivity index (χ1v) is 4.95. The molecule has 82 valence electrons. The number of hydrogen-bond donors (Lipinski definition) is 2. The lowest BCUT2D eigenvalue weighted by Crippen LogP contribution is -2.32. The molecule has 0 spiro atoms. The van der Waals surface area contributed by atoms with Crippen LogP contribution in [0, 0.1) is 0 Å². The van der Waals surface area contributed by atoms with Gasteiger partial charge in [0, 0.05) is 32.6 Å². The van der Waals surface area contributed by atoms with Gasteiger partial charge in [-0.25, -0.2) is 0 Å². The first-order chi connectivity index (χ1) is 6.74. The fraction of sp³-hybridized carbons (Fsp3) is 0.700. The molecule has 0 aliphatic rings. The third-order valence-electron chi connectivity index (χ3n) is 1.83.